The molecule has 0 aliphatic heterocycles. The Bertz CT molecular complexity index is 996. The van der Waals surface area contributed by atoms with E-state index in [9.17, 15) is 4.79 Å². The maximum Gasteiger partial charge on any atom is 0.174 e. The largest absolute Gasteiger partial charge is 0.359 e. The zero-order valence-electron chi connectivity index (χ0n) is 14.5. The zero-order chi connectivity index (χ0) is 19.6. The second-order valence-corrected chi connectivity index (χ2v) is 7.08. The fourth-order valence-corrected chi connectivity index (χ4v) is 3.38. The van der Waals surface area contributed by atoms with E-state index in [-0.39, 0.29) is 18.0 Å². The fraction of sp³-hybridized carbons (Fsp3) is 0.222. The van der Waals surface area contributed by atoms with Crippen LogP contribution in [-0.4, -0.2) is 29.7 Å². The zero-order valence-corrected chi connectivity index (χ0v) is 16.8. The first kappa shape index (κ1) is 19.8. The number of rotatable bonds is 7. The van der Waals surface area contributed by atoms with Crippen molar-refractivity contribution in [3.63, 3.8) is 0 Å². The Labute approximate surface area is 168 Å². The van der Waals surface area contributed by atoms with E-state index < -0.39 is 11.9 Å². The molecule has 3 aromatic rings. The number of benzene rings is 2. The standard InChI is InChI=1S/C18H16BrClFN3O3/c1-24-8-22-18-14(24)6-11(15(7-25)27-9-26-2)17(16(18)21)23-13-4-3-10(19)5-12(13)20/h3-8,15,23H,9H2,1-2H3. The monoisotopic (exact) mass is 455 g/mol. The molecule has 0 spiro atoms. The molecule has 6 nitrogen and oxygen atoms in total. The fourth-order valence-electron chi connectivity index (χ4n) is 2.66. The van der Waals surface area contributed by atoms with Gasteiger partial charge in [0.05, 0.1) is 28.2 Å². The van der Waals surface area contributed by atoms with Crippen LogP contribution in [0, 0.1) is 5.82 Å². The van der Waals surface area contributed by atoms with Crippen molar-refractivity contribution >= 4 is 56.2 Å². The van der Waals surface area contributed by atoms with Gasteiger partial charge in [-0.25, -0.2) is 9.37 Å². The minimum absolute atomic E-state index is 0.0682. The van der Waals surface area contributed by atoms with Crippen molar-refractivity contribution < 1.29 is 18.7 Å². The van der Waals surface area contributed by atoms with Crippen molar-refractivity contribution in [2.75, 3.05) is 19.2 Å². The molecule has 1 atom stereocenters. The Kier molecular flexibility index (Phi) is 6.11. The van der Waals surface area contributed by atoms with Crippen LogP contribution >= 0.6 is 27.5 Å². The van der Waals surface area contributed by atoms with Gasteiger partial charge in [-0.05, 0) is 24.3 Å². The van der Waals surface area contributed by atoms with Gasteiger partial charge in [-0.2, -0.15) is 0 Å². The van der Waals surface area contributed by atoms with Crippen molar-refractivity contribution in [2.45, 2.75) is 6.10 Å². The number of ether oxygens (including phenoxy) is 2. The van der Waals surface area contributed by atoms with Crippen LogP contribution in [0.15, 0.2) is 35.1 Å². The molecule has 1 N–H and O–H groups in total. The molecular formula is C18H16BrClFN3O3. The second-order valence-electron chi connectivity index (χ2n) is 5.76. The van der Waals surface area contributed by atoms with Crippen molar-refractivity contribution in [3.05, 3.63) is 51.5 Å². The first-order valence-electron chi connectivity index (χ1n) is 7.87. The highest BCUT2D eigenvalue weighted by Gasteiger charge is 2.23. The highest BCUT2D eigenvalue weighted by molar-refractivity contribution is 9.10. The molecule has 1 aromatic heterocycles. The van der Waals surface area contributed by atoms with E-state index >= 15 is 4.39 Å². The van der Waals surface area contributed by atoms with Crippen LogP contribution < -0.4 is 5.32 Å². The first-order chi connectivity index (χ1) is 13.0. The van der Waals surface area contributed by atoms with Gasteiger partial charge in [-0.15, -0.1) is 0 Å². The van der Waals surface area contributed by atoms with Gasteiger partial charge in [0.2, 0.25) is 0 Å². The number of methoxy groups -OCH3 is 1. The summed E-state index contributed by atoms with van der Waals surface area (Å²) in [6.07, 6.45) is 1.06. The molecular weight excluding hydrogens is 441 g/mol. The number of aryl methyl sites for hydroxylation is 1. The van der Waals surface area contributed by atoms with Gasteiger partial charge in [-0.1, -0.05) is 27.5 Å². The molecule has 0 aliphatic rings. The number of halogens is 3. The summed E-state index contributed by atoms with van der Waals surface area (Å²) in [5.41, 5.74) is 1.57. The number of imidazole rings is 1. The Morgan fingerprint density at radius 2 is 2.22 bits per heavy atom. The quantitative estimate of drug-likeness (QED) is 0.411. The number of aldehydes is 1. The molecule has 1 heterocycles. The predicted octanol–water partition coefficient (Wildman–Crippen LogP) is 4.73. The van der Waals surface area contributed by atoms with Crippen LogP contribution in [0.4, 0.5) is 15.8 Å². The topological polar surface area (TPSA) is 65.4 Å². The molecule has 0 radical (unpaired) electrons. The van der Waals surface area contributed by atoms with E-state index in [2.05, 4.69) is 26.2 Å². The minimum Gasteiger partial charge on any atom is -0.359 e. The van der Waals surface area contributed by atoms with Crippen LogP contribution in [0.25, 0.3) is 11.0 Å². The molecule has 9 heteroatoms. The Hall–Kier alpha value is -2.00. The summed E-state index contributed by atoms with van der Waals surface area (Å²) in [4.78, 5) is 15.7. The molecule has 0 saturated heterocycles. The third-order valence-electron chi connectivity index (χ3n) is 3.98. The molecule has 2 aromatic carbocycles. The number of nitrogens with zero attached hydrogens (tertiary/aromatic N) is 2. The van der Waals surface area contributed by atoms with Gasteiger partial charge in [0.25, 0.3) is 0 Å². The number of hydrogen-bond donors (Lipinski definition) is 1. The van der Waals surface area contributed by atoms with Crippen molar-refractivity contribution in [1.82, 2.24) is 9.55 Å². The maximum atomic E-state index is 15.3. The van der Waals surface area contributed by atoms with Crippen molar-refractivity contribution in [2.24, 2.45) is 7.05 Å². The molecule has 1 unspecified atom stereocenters. The summed E-state index contributed by atoms with van der Waals surface area (Å²) in [5.74, 6) is -0.602. The van der Waals surface area contributed by atoms with Gasteiger partial charge >= 0.3 is 0 Å². The Morgan fingerprint density at radius 3 is 2.89 bits per heavy atom. The van der Waals surface area contributed by atoms with Gasteiger partial charge in [0.15, 0.2) is 12.1 Å². The normalized spacial score (nSPS) is 12.3. The summed E-state index contributed by atoms with van der Waals surface area (Å²) < 4.78 is 28.0. The molecule has 0 fully saturated rings. The lowest BCUT2D eigenvalue weighted by atomic mass is 10.1. The van der Waals surface area contributed by atoms with E-state index in [0.29, 0.717) is 28.1 Å². The smallest absolute Gasteiger partial charge is 0.174 e. The van der Waals surface area contributed by atoms with Crippen molar-refractivity contribution in [3.8, 4) is 0 Å². The molecule has 0 bridgehead atoms. The maximum absolute atomic E-state index is 15.3. The molecule has 3 rings (SSSR count). The summed E-state index contributed by atoms with van der Waals surface area (Å²) in [6, 6.07) is 6.81. The first-order valence-corrected chi connectivity index (χ1v) is 9.04. The summed E-state index contributed by atoms with van der Waals surface area (Å²) in [7, 11) is 3.18. The number of anilines is 2. The Morgan fingerprint density at radius 1 is 1.44 bits per heavy atom. The van der Waals surface area contributed by atoms with Gasteiger partial charge in [0.1, 0.15) is 18.4 Å². The van der Waals surface area contributed by atoms with E-state index in [0.717, 1.165) is 4.47 Å². The molecule has 0 saturated carbocycles. The van der Waals surface area contributed by atoms with E-state index in [1.165, 1.54) is 13.4 Å². The summed E-state index contributed by atoms with van der Waals surface area (Å²) >= 11 is 9.58. The predicted molar refractivity (Wildman–Crippen MR) is 105 cm³/mol. The lowest BCUT2D eigenvalue weighted by Gasteiger charge is -2.19. The second kappa shape index (κ2) is 8.35. The number of nitrogens with one attached hydrogen (secondary N) is 1. The molecule has 0 amide bonds. The van der Waals surface area contributed by atoms with Crippen LogP contribution in [0.1, 0.15) is 11.7 Å². The average molecular weight is 457 g/mol. The number of aromatic nitrogens is 2. The van der Waals surface area contributed by atoms with Gasteiger partial charge < -0.3 is 24.2 Å². The SMILES string of the molecule is COCOC(C=O)c1cc2c(ncn2C)c(F)c1Nc1ccc(Br)cc1Cl. The highest BCUT2D eigenvalue weighted by Crippen LogP contribution is 2.37. The Balaban J connectivity index is 2.17. The number of carbonyl (C=O) groups excluding carboxylic acids is 1. The number of fused-ring (bicyclic) bond motifs is 1. The molecule has 0 aliphatic carbocycles. The minimum atomic E-state index is -1.03. The van der Waals surface area contributed by atoms with E-state index in [4.69, 9.17) is 21.1 Å². The summed E-state index contributed by atoms with van der Waals surface area (Å²) in [5, 5.41) is 3.36. The average Bonchev–Trinajstić information content (AvgIpc) is 3.01. The number of carbonyl (C=O) groups is 1. The molecule has 27 heavy (non-hydrogen) atoms. The lowest BCUT2D eigenvalue weighted by molar-refractivity contribution is -0.128. The van der Waals surface area contributed by atoms with Crippen molar-refractivity contribution in [1.29, 1.82) is 0 Å². The van der Waals surface area contributed by atoms with Crippen LogP contribution in [0.3, 0.4) is 0 Å². The molecule has 142 valence electrons. The highest BCUT2D eigenvalue weighted by atomic mass is 79.9. The third kappa shape index (κ3) is 3.98. The lowest BCUT2D eigenvalue weighted by Crippen LogP contribution is -2.12. The van der Waals surface area contributed by atoms with E-state index in [1.807, 2.05) is 0 Å². The van der Waals surface area contributed by atoms with Gasteiger partial charge in [-0.3, -0.25) is 0 Å². The number of hydrogen-bond acceptors (Lipinski definition) is 5. The van der Waals surface area contributed by atoms with E-state index in [1.54, 1.807) is 35.9 Å². The third-order valence-corrected chi connectivity index (χ3v) is 4.78. The van der Waals surface area contributed by atoms with Crippen LogP contribution in [0.2, 0.25) is 5.02 Å². The van der Waals surface area contributed by atoms with Gasteiger partial charge in [0, 0.05) is 24.2 Å². The van der Waals surface area contributed by atoms with Crippen LogP contribution in [-0.2, 0) is 21.3 Å². The van der Waals surface area contributed by atoms with Crippen LogP contribution in [0.5, 0.6) is 0 Å². The summed E-state index contributed by atoms with van der Waals surface area (Å²) in [6.45, 7) is -0.118.